The standard InChI is InChI=1S/C11H6N4OS/c1-7(3-12)6-15-10(16)8(2)17-11(15)9(4-13)5-14/h6H,2H2,1H3/b7-6-. The zero-order chi connectivity index (χ0) is 13.0. The van der Waals surface area contributed by atoms with Crippen molar-refractivity contribution < 1.29 is 0 Å². The van der Waals surface area contributed by atoms with E-state index in [-0.39, 0.29) is 14.8 Å². The lowest BCUT2D eigenvalue weighted by molar-refractivity contribution is 1.05. The molecule has 0 radical (unpaired) electrons. The van der Waals surface area contributed by atoms with E-state index < -0.39 is 5.56 Å². The van der Waals surface area contributed by atoms with Gasteiger partial charge >= 0.3 is 0 Å². The number of rotatable bonds is 1. The third kappa shape index (κ3) is 2.31. The van der Waals surface area contributed by atoms with Crippen LogP contribution in [-0.4, -0.2) is 4.57 Å². The van der Waals surface area contributed by atoms with Crippen molar-refractivity contribution in [2.45, 2.75) is 6.92 Å². The molecule has 0 saturated heterocycles. The van der Waals surface area contributed by atoms with Gasteiger partial charge in [-0.3, -0.25) is 9.36 Å². The Bertz CT molecular complexity index is 758. The molecule has 0 spiro atoms. The van der Waals surface area contributed by atoms with E-state index in [0.717, 1.165) is 15.9 Å². The van der Waals surface area contributed by atoms with Gasteiger partial charge in [-0.15, -0.1) is 11.3 Å². The fraction of sp³-hybridized carbons (Fsp3) is 0.0909. The quantitative estimate of drug-likeness (QED) is 0.643. The first-order valence-electron chi connectivity index (χ1n) is 4.38. The summed E-state index contributed by atoms with van der Waals surface area (Å²) in [6, 6.07) is 5.28. The number of hydrogen-bond acceptors (Lipinski definition) is 5. The average molecular weight is 242 g/mol. The summed E-state index contributed by atoms with van der Waals surface area (Å²) in [7, 11) is 0. The second-order valence-electron chi connectivity index (χ2n) is 3.03. The van der Waals surface area contributed by atoms with Gasteiger partial charge in [-0.05, 0) is 6.92 Å². The number of nitriles is 3. The smallest absolute Gasteiger partial charge is 0.271 e. The summed E-state index contributed by atoms with van der Waals surface area (Å²) >= 11 is 0.954. The van der Waals surface area contributed by atoms with Crippen LogP contribution in [0.2, 0.25) is 0 Å². The lowest BCUT2D eigenvalue weighted by Crippen LogP contribution is -2.28. The lowest BCUT2D eigenvalue weighted by Gasteiger charge is -1.92. The topological polar surface area (TPSA) is 93.4 Å². The van der Waals surface area contributed by atoms with Crippen LogP contribution < -0.4 is 14.8 Å². The summed E-state index contributed by atoms with van der Waals surface area (Å²) in [6.45, 7) is 5.05. The summed E-state index contributed by atoms with van der Waals surface area (Å²) in [5.41, 5.74) is -0.312. The molecule has 0 bridgehead atoms. The third-order valence-electron chi connectivity index (χ3n) is 1.83. The Kier molecular flexibility index (Phi) is 3.62. The summed E-state index contributed by atoms with van der Waals surface area (Å²) in [4.78, 5) is 11.7. The molecular formula is C11H6N4OS. The molecule has 82 valence electrons. The van der Waals surface area contributed by atoms with Crippen LogP contribution in [0, 0.1) is 34.0 Å². The van der Waals surface area contributed by atoms with Gasteiger partial charge in [0.05, 0.1) is 10.6 Å². The molecule has 0 unspecified atom stereocenters. The van der Waals surface area contributed by atoms with Gasteiger partial charge in [0.15, 0.2) is 5.57 Å². The number of hydrogen-bond donors (Lipinski definition) is 0. The van der Waals surface area contributed by atoms with Gasteiger partial charge in [0.25, 0.3) is 5.56 Å². The molecule has 0 fully saturated rings. The minimum Gasteiger partial charge on any atom is -0.271 e. The van der Waals surface area contributed by atoms with Gasteiger partial charge in [0.1, 0.15) is 16.8 Å². The van der Waals surface area contributed by atoms with Crippen LogP contribution in [0.4, 0.5) is 0 Å². The highest BCUT2D eigenvalue weighted by Crippen LogP contribution is 1.93. The van der Waals surface area contributed by atoms with Crippen molar-refractivity contribution in [1.29, 1.82) is 15.8 Å². The molecular weight excluding hydrogens is 236 g/mol. The predicted octanol–water partition coefficient (Wildman–Crippen LogP) is -0.0977. The van der Waals surface area contributed by atoms with Gasteiger partial charge < -0.3 is 0 Å². The van der Waals surface area contributed by atoms with Crippen molar-refractivity contribution in [2.75, 3.05) is 0 Å². The molecule has 1 aromatic heterocycles. The molecule has 1 heterocycles. The van der Waals surface area contributed by atoms with Crippen molar-refractivity contribution in [3.63, 3.8) is 0 Å². The minimum absolute atomic E-state index is 0.177. The van der Waals surface area contributed by atoms with E-state index >= 15 is 0 Å². The Morgan fingerprint density at radius 1 is 1.35 bits per heavy atom. The predicted molar refractivity (Wildman–Crippen MR) is 63.5 cm³/mol. The molecule has 0 atom stereocenters. The Morgan fingerprint density at radius 3 is 2.41 bits per heavy atom. The van der Waals surface area contributed by atoms with Crippen LogP contribution in [0.25, 0.3) is 18.4 Å². The molecule has 1 rings (SSSR count). The van der Waals surface area contributed by atoms with Gasteiger partial charge in [-0.25, -0.2) is 0 Å². The number of allylic oxidation sites excluding steroid dienone is 1. The van der Waals surface area contributed by atoms with Crippen molar-refractivity contribution in [2.24, 2.45) is 0 Å². The van der Waals surface area contributed by atoms with Gasteiger partial charge in [-0.1, -0.05) is 6.58 Å². The van der Waals surface area contributed by atoms with Crippen LogP contribution in [0.3, 0.4) is 0 Å². The maximum atomic E-state index is 11.7. The Morgan fingerprint density at radius 2 is 1.94 bits per heavy atom. The SMILES string of the molecule is C=c1sc(=C(C#N)C#N)n(/C=C(/C)C#N)c1=O. The molecule has 17 heavy (non-hydrogen) atoms. The Balaban J connectivity index is 3.90. The zero-order valence-corrected chi connectivity index (χ0v) is 9.71. The largest absolute Gasteiger partial charge is 0.272 e. The highest BCUT2D eigenvalue weighted by molar-refractivity contribution is 7.07. The summed E-state index contributed by atoms with van der Waals surface area (Å²) in [6.07, 6.45) is 1.29. The summed E-state index contributed by atoms with van der Waals surface area (Å²) < 4.78 is 1.51. The summed E-state index contributed by atoms with van der Waals surface area (Å²) in [5.74, 6) is 0. The van der Waals surface area contributed by atoms with Gasteiger partial charge in [-0.2, -0.15) is 15.8 Å². The number of aromatic nitrogens is 1. The Hall–Kier alpha value is -2.62. The molecule has 0 aliphatic rings. The molecule has 6 heteroatoms. The van der Waals surface area contributed by atoms with E-state index in [0.29, 0.717) is 5.57 Å². The number of thiazole rings is 1. The first-order chi connectivity index (χ1) is 8.04. The Labute approximate surface area is 101 Å². The number of nitrogens with zero attached hydrogens (tertiary/aromatic N) is 4. The van der Waals surface area contributed by atoms with E-state index in [2.05, 4.69) is 6.58 Å². The average Bonchev–Trinajstić information content (AvgIpc) is 2.59. The third-order valence-corrected chi connectivity index (χ3v) is 2.85. The van der Waals surface area contributed by atoms with Crippen molar-refractivity contribution in [3.05, 3.63) is 25.1 Å². The molecule has 0 aromatic carbocycles. The van der Waals surface area contributed by atoms with Gasteiger partial charge in [0.2, 0.25) is 0 Å². The van der Waals surface area contributed by atoms with Crippen LogP contribution in [0.15, 0.2) is 10.4 Å². The monoisotopic (exact) mass is 242 g/mol. The van der Waals surface area contributed by atoms with Crippen molar-refractivity contribution in [1.82, 2.24) is 4.57 Å². The highest BCUT2D eigenvalue weighted by Gasteiger charge is 2.06. The molecule has 0 aliphatic carbocycles. The van der Waals surface area contributed by atoms with E-state index in [1.165, 1.54) is 13.1 Å². The highest BCUT2D eigenvalue weighted by atomic mass is 32.1. The fourth-order valence-electron chi connectivity index (χ4n) is 1.07. The second kappa shape index (κ2) is 4.94. The normalized spacial score (nSPS) is 10.1. The van der Waals surface area contributed by atoms with Crippen molar-refractivity contribution >= 4 is 29.7 Å². The first kappa shape index (κ1) is 12.4. The van der Waals surface area contributed by atoms with Gasteiger partial charge in [0, 0.05) is 11.8 Å². The van der Waals surface area contributed by atoms with E-state index in [1.807, 2.05) is 6.07 Å². The minimum atomic E-state index is -0.428. The maximum absolute atomic E-state index is 11.7. The molecule has 0 N–H and O–H groups in total. The lowest BCUT2D eigenvalue weighted by atomic mass is 10.3. The van der Waals surface area contributed by atoms with E-state index in [1.54, 1.807) is 12.1 Å². The molecule has 0 amide bonds. The van der Waals surface area contributed by atoms with E-state index in [9.17, 15) is 4.79 Å². The fourth-order valence-corrected chi connectivity index (χ4v) is 1.91. The van der Waals surface area contributed by atoms with Crippen molar-refractivity contribution in [3.8, 4) is 18.2 Å². The van der Waals surface area contributed by atoms with Crippen LogP contribution in [-0.2, 0) is 0 Å². The zero-order valence-electron chi connectivity index (χ0n) is 8.89. The second-order valence-corrected chi connectivity index (χ2v) is 4.11. The van der Waals surface area contributed by atoms with Crippen LogP contribution in [0.1, 0.15) is 6.92 Å². The molecule has 0 aliphatic heterocycles. The van der Waals surface area contributed by atoms with Crippen LogP contribution >= 0.6 is 11.3 Å². The molecule has 0 saturated carbocycles. The van der Waals surface area contributed by atoms with Crippen LogP contribution in [0.5, 0.6) is 0 Å². The summed E-state index contributed by atoms with van der Waals surface area (Å²) in [5, 5.41) is 26.2. The maximum Gasteiger partial charge on any atom is 0.272 e. The molecule has 1 aromatic rings. The van der Waals surface area contributed by atoms with E-state index in [4.69, 9.17) is 15.8 Å². The first-order valence-corrected chi connectivity index (χ1v) is 5.20. The molecule has 5 nitrogen and oxygen atoms in total.